The first kappa shape index (κ1) is 17.2. The minimum absolute atomic E-state index is 0.123. The molecule has 0 aromatic heterocycles. The van der Waals surface area contributed by atoms with Gasteiger partial charge in [0.1, 0.15) is 18.2 Å². The van der Waals surface area contributed by atoms with E-state index in [1.165, 1.54) is 30.3 Å². The zero-order valence-corrected chi connectivity index (χ0v) is 13.5. The van der Waals surface area contributed by atoms with E-state index in [4.69, 9.17) is 4.74 Å². The Bertz CT molecular complexity index is 753. The fourth-order valence-electron chi connectivity index (χ4n) is 1.78. The molecule has 0 aliphatic carbocycles. The summed E-state index contributed by atoms with van der Waals surface area (Å²) < 4.78 is 44.1. The highest BCUT2D eigenvalue weighted by atomic mass is 32.2. The second kappa shape index (κ2) is 7.89. The smallest absolute Gasteiger partial charge is 0.233 e. The van der Waals surface area contributed by atoms with Crippen molar-refractivity contribution in [3.05, 3.63) is 70.9 Å². The van der Waals surface area contributed by atoms with E-state index in [1.54, 1.807) is 0 Å². The van der Waals surface area contributed by atoms with Crippen LogP contribution in [0.3, 0.4) is 0 Å². The molecular weight excluding hydrogens is 317 g/mol. The molecule has 0 fully saturated rings. The van der Waals surface area contributed by atoms with E-state index in [2.05, 4.69) is 4.72 Å². The Balaban J connectivity index is 1.79. The third-order valence-electron chi connectivity index (χ3n) is 3.00. The Labute approximate surface area is 135 Å². The van der Waals surface area contributed by atoms with Crippen molar-refractivity contribution in [2.45, 2.75) is 6.92 Å². The van der Waals surface area contributed by atoms with Crippen LogP contribution in [0.4, 0.5) is 4.39 Å². The number of halogens is 1. The van der Waals surface area contributed by atoms with E-state index in [1.807, 2.05) is 31.2 Å². The van der Waals surface area contributed by atoms with E-state index < -0.39 is 10.0 Å². The molecule has 0 aliphatic heterocycles. The van der Waals surface area contributed by atoms with E-state index >= 15 is 0 Å². The normalized spacial score (nSPS) is 11.7. The van der Waals surface area contributed by atoms with Crippen molar-refractivity contribution in [2.24, 2.45) is 0 Å². The molecule has 0 aliphatic rings. The van der Waals surface area contributed by atoms with Gasteiger partial charge in [-0.3, -0.25) is 0 Å². The Morgan fingerprint density at radius 3 is 2.39 bits per heavy atom. The zero-order chi connectivity index (χ0) is 16.7. The molecule has 122 valence electrons. The van der Waals surface area contributed by atoms with Crippen LogP contribution in [-0.4, -0.2) is 21.6 Å². The topological polar surface area (TPSA) is 55.4 Å². The predicted molar refractivity (Wildman–Crippen MR) is 89.0 cm³/mol. The maximum atomic E-state index is 12.7. The molecule has 0 radical (unpaired) electrons. The van der Waals surface area contributed by atoms with Crippen molar-refractivity contribution in [1.82, 2.24) is 4.72 Å². The second-order valence-corrected chi connectivity index (χ2v) is 6.61. The van der Waals surface area contributed by atoms with Crippen molar-refractivity contribution in [2.75, 3.05) is 13.2 Å². The van der Waals surface area contributed by atoms with Crippen molar-refractivity contribution < 1.29 is 17.5 Å². The lowest BCUT2D eigenvalue weighted by Crippen LogP contribution is -2.26. The quantitative estimate of drug-likeness (QED) is 0.791. The van der Waals surface area contributed by atoms with Crippen LogP contribution in [-0.2, 0) is 10.0 Å². The van der Waals surface area contributed by atoms with Crippen LogP contribution < -0.4 is 9.46 Å². The summed E-state index contributed by atoms with van der Waals surface area (Å²) in [7, 11) is -3.52. The minimum atomic E-state index is -3.52. The first-order valence-electron chi connectivity index (χ1n) is 7.07. The summed E-state index contributed by atoms with van der Waals surface area (Å²) in [5, 5.41) is 1.12. The molecule has 0 bridgehead atoms. The molecule has 4 nitrogen and oxygen atoms in total. The van der Waals surface area contributed by atoms with Crippen LogP contribution in [0.1, 0.15) is 11.1 Å². The highest BCUT2D eigenvalue weighted by Crippen LogP contribution is 2.10. The molecule has 2 rings (SSSR count). The number of hydrogen-bond donors (Lipinski definition) is 1. The molecule has 0 unspecified atom stereocenters. The number of aryl methyl sites for hydroxylation is 1. The lowest BCUT2D eigenvalue weighted by Gasteiger charge is -2.06. The predicted octanol–water partition coefficient (Wildman–Crippen LogP) is 3.10. The summed E-state index contributed by atoms with van der Waals surface area (Å²) in [5.41, 5.74) is 1.92. The van der Waals surface area contributed by atoms with Crippen LogP contribution in [0.5, 0.6) is 5.75 Å². The van der Waals surface area contributed by atoms with Crippen molar-refractivity contribution in [3.63, 3.8) is 0 Å². The molecule has 6 heteroatoms. The van der Waals surface area contributed by atoms with Crippen LogP contribution in [0, 0.1) is 12.7 Å². The van der Waals surface area contributed by atoms with Crippen LogP contribution >= 0.6 is 0 Å². The van der Waals surface area contributed by atoms with Gasteiger partial charge in [0.15, 0.2) is 0 Å². The SMILES string of the molecule is Cc1ccc(/C=C/S(=O)(=O)NCCOc2ccc(F)cc2)cc1. The third-order valence-corrected chi connectivity index (χ3v) is 4.11. The maximum Gasteiger partial charge on any atom is 0.233 e. The summed E-state index contributed by atoms with van der Waals surface area (Å²) in [6.45, 7) is 2.24. The Morgan fingerprint density at radius 1 is 1.09 bits per heavy atom. The fourth-order valence-corrected chi connectivity index (χ4v) is 2.58. The molecule has 0 amide bonds. The zero-order valence-electron chi connectivity index (χ0n) is 12.7. The highest BCUT2D eigenvalue weighted by Gasteiger charge is 2.04. The molecule has 2 aromatic rings. The monoisotopic (exact) mass is 335 g/mol. The molecular formula is C17H18FNO3S. The van der Waals surface area contributed by atoms with Gasteiger partial charge < -0.3 is 4.74 Å². The average molecular weight is 335 g/mol. The van der Waals surface area contributed by atoms with E-state index in [9.17, 15) is 12.8 Å². The lowest BCUT2D eigenvalue weighted by molar-refractivity contribution is 0.322. The van der Waals surface area contributed by atoms with Gasteiger partial charge in [0.2, 0.25) is 10.0 Å². The largest absolute Gasteiger partial charge is 0.492 e. The fraction of sp³-hybridized carbons (Fsp3) is 0.176. The number of sulfonamides is 1. The Morgan fingerprint density at radius 2 is 1.74 bits per heavy atom. The Kier molecular flexibility index (Phi) is 5.90. The lowest BCUT2D eigenvalue weighted by atomic mass is 10.2. The Hall–Kier alpha value is -2.18. The first-order chi connectivity index (χ1) is 10.9. The van der Waals surface area contributed by atoms with Crippen LogP contribution in [0.15, 0.2) is 53.9 Å². The average Bonchev–Trinajstić information content (AvgIpc) is 2.53. The molecule has 0 spiro atoms. The summed E-state index contributed by atoms with van der Waals surface area (Å²) in [4.78, 5) is 0. The molecule has 0 heterocycles. The number of nitrogens with one attached hydrogen (secondary N) is 1. The van der Waals surface area contributed by atoms with Gasteiger partial charge in [0, 0.05) is 12.0 Å². The third kappa shape index (κ3) is 6.22. The van der Waals surface area contributed by atoms with Gasteiger partial charge in [0.05, 0.1) is 0 Å². The van der Waals surface area contributed by atoms with Crippen LogP contribution in [0.2, 0.25) is 0 Å². The van der Waals surface area contributed by atoms with Gasteiger partial charge in [-0.25, -0.2) is 17.5 Å². The number of benzene rings is 2. The molecule has 1 N–H and O–H groups in total. The van der Waals surface area contributed by atoms with Crippen LogP contribution in [0.25, 0.3) is 6.08 Å². The van der Waals surface area contributed by atoms with Gasteiger partial charge in [-0.15, -0.1) is 0 Å². The molecule has 2 aromatic carbocycles. The maximum absolute atomic E-state index is 12.7. The van der Waals surface area contributed by atoms with E-state index in [-0.39, 0.29) is 19.0 Å². The summed E-state index contributed by atoms with van der Waals surface area (Å²) in [5.74, 6) is 0.139. The minimum Gasteiger partial charge on any atom is -0.492 e. The second-order valence-electron chi connectivity index (χ2n) is 4.96. The van der Waals surface area contributed by atoms with Gasteiger partial charge in [-0.05, 0) is 42.8 Å². The van der Waals surface area contributed by atoms with E-state index in [0.717, 1.165) is 16.5 Å². The number of rotatable bonds is 7. The number of hydrogen-bond acceptors (Lipinski definition) is 3. The summed E-state index contributed by atoms with van der Waals surface area (Å²) in [6.07, 6.45) is 1.53. The van der Waals surface area contributed by atoms with E-state index in [0.29, 0.717) is 5.75 Å². The van der Waals surface area contributed by atoms with Crippen molar-refractivity contribution in [1.29, 1.82) is 0 Å². The van der Waals surface area contributed by atoms with Gasteiger partial charge in [-0.2, -0.15) is 0 Å². The standard InChI is InChI=1S/C17H18FNO3S/c1-14-2-4-15(5-3-14)10-13-23(20,21)19-11-12-22-17-8-6-16(18)7-9-17/h2-10,13,19H,11-12H2,1H3/b13-10+. The van der Waals surface area contributed by atoms with Gasteiger partial charge in [0.25, 0.3) is 0 Å². The molecule has 0 atom stereocenters. The molecule has 0 saturated heterocycles. The highest BCUT2D eigenvalue weighted by molar-refractivity contribution is 7.92. The summed E-state index contributed by atoms with van der Waals surface area (Å²) in [6, 6.07) is 13.1. The molecule has 23 heavy (non-hydrogen) atoms. The first-order valence-corrected chi connectivity index (χ1v) is 8.62. The molecule has 0 saturated carbocycles. The number of ether oxygens (including phenoxy) is 1. The summed E-state index contributed by atoms with van der Waals surface area (Å²) >= 11 is 0. The van der Waals surface area contributed by atoms with Crippen molar-refractivity contribution >= 4 is 16.1 Å². The van der Waals surface area contributed by atoms with Gasteiger partial charge >= 0.3 is 0 Å². The van der Waals surface area contributed by atoms with Gasteiger partial charge in [-0.1, -0.05) is 29.8 Å². The van der Waals surface area contributed by atoms with Crippen molar-refractivity contribution in [3.8, 4) is 5.75 Å².